The highest BCUT2D eigenvalue weighted by molar-refractivity contribution is 5.12. The van der Waals surface area contributed by atoms with Crippen LogP contribution in [0.5, 0.6) is 0 Å². The van der Waals surface area contributed by atoms with Crippen LogP contribution in [-0.2, 0) is 0 Å². The molecule has 0 nitrogen and oxygen atoms in total. The lowest BCUT2D eigenvalue weighted by Crippen LogP contribution is -1.62. The van der Waals surface area contributed by atoms with Crippen molar-refractivity contribution in [1.82, 2.24) is 0 Å². The van der Waals surface area contributed by atoms with E-state index in [-0.39, 0.29) is 7.43 Å². The number of rotatable bonds is 0. The normalized spacial score (nSPS) is 6.35. The van der Waals surface area contributed by atoms with E-state index >= 15 is 0 Å². The molecule has 0 aliphatic heterocycles. The summed E-state index contributed by atoms with van der Waals surface area (Å²) in [6.07, 6.45) is 0. The summed E-state index contributed by atoms with van der Waals surface area (Å²) in [6, 6.07) is 20.5. The Balaban J connectivity index is -0.0000000639. The highest BCUT2D eigenvalue weighted by atomic mass is 13.8. The summed E-state index contributed by atoms with van der Waals surface area (Å²) in [5.74, 6) is 0. The minimum absolute atomic E-state index is 0. The van der Waals surface area contributed by atoms with E-state index < -0.39 is 0 Å². The van der Waals surface area contributed by atoms with Crippen molar-refractivity contribution < 1.29 is 0 Å². The lowest BCUT2D eigenvalue weighted by Gasteiger charge is -1.82. The molecule has 0 saturated carbocycles. The summed E-state index contributed by atoms with van der Waals surface area (Å²) in [4.78, 5) is 0. The van der Waals surface area contributed by atoms with Gasteiger partial charge in [0, 0.05) is 0 Å². The third-order valence-corrected chi connectivity index (χ3v) is 1.88. The van der Waals surface area contributed by atoms with Gasteiger partial charge < -0.3 is 0 Å². The molecule has 0 heteroatoms. The van der Waals surface area contributed by atoms with Crippen LogP contribution in [-0.4, -0.2) is 0 Å². The molecule has 2 aromatic carbocycles. The van der Waals surface area contributed by atoms with Crippen LogP contribution in [0.3, 0.4) is 0 Å². The molecule has 0 saturated heterocycles. The fraction of sp³-hybridized carbons (Fsp3) is 0.478. The highest BCUT2D eigenvalue weighted by Crippen LogP contribution is 1.92. The van der Waals surface area contributed by atoms with Crippen molar-refractivity contribution in [2.75, 3.05) is 0 Å². The van der Waals surface area contributed by atoms with Crippen LogP contribution in [0.15, 0.2) is 60.7 Å². The van der Waals surface area contributed by atoms with Crippen molar-refractivity contribution in [3.63, 3.8) is 0 Å². The Morgan fingerprint density at radius 3 is 0.652 bits per heavy atom. The van der Waals surface area contributed by atoms with E-state index in [0.29, 0.717) is 0 Å². The summed E-state index contributed by atoms with van der Waals surface area (Å²) in [5.41, 5.74) is 2.64. The molecular formula is C23H44. The minimum Gasteiger partial charge on any atom is -0.0776 e. The minimum atomic E-state index is 0. The van der Waals surface area contributed by atoms with Gasteiger partial charge in [-0.05, 0) is 13.8 Å². The van der Waals surface area contributed by atoms with Gasteiger partial charge >= 0.3 is 0 Å². The molecule has 0 amide bonds. The first-order valence-electron chi connectivity index (χ1n) is 8.82. The summed E-state index contributed by atoms with van der Waals surface area (Å²) in [5, 5.41) is 0. The van der Waals surface area contributed by atoms with Crippen LogP contribution < -0.4 is 0 Å². The fourth-order valence-corrected chi connectivity index (χ4v) is 1.07. The predicted molar refractivity (Wildman–Crippen MR) is 114 cm³/mol. The third-order valence-electron chi connectivity index (χ3n) is 1.88. The Kier molecular flexibility index (Phi) is 53.4. The lowest BCUT2D eigenvalue weighted by molar-refractivity contribution is 1.48. The molecule has 0 N–H and O–H groups in total. The number of hydrogen-bond donors (Lipinski definition) is 0. The third kappa shape index (κ3) is 33.3. The Morgan fingerprint density at radius 2 is 0.565 bits per heavy atom. The van der Waals surface area contributed by atoms with E-state index in [2.05, 4.69) is 38.1 Å². The second-order valence-corrected chi connectivity index (χ2v) is 3.31. The molecule has 2 rings (SSSR count). The Morgan fingerprint density at radius 1 is 0.391 bits per heavy atom. The Bertz CT molecular complexity index is 297. The maximum Gasteiger partial charge on any atom is -0.0398 e. The van der Waals surface area contributed by atoms with Crippen LogP contribution in [0.25, 0.3) is 0 Å². The van der Waals surface area contributed by atoms with Gasteiger partial charge in [0.15, 0.2) is 0 Å². The van der Waals surface area contributed by atoms with Crippen molar-refractivity contribution in [2.45, 2.75) is 76.7 Å². The van der Waals surface area contributed by atoms with Gasteiger partial charge in [-0.15, -0.1) is 0 Å². The van der Waals surface area contributed by atoms with Crippen LogP contribution >= 0.6 is 0 Å². The zero-order valence-corrected chi connectivity index (χ0v) is 16.8. The molecule has 0 bridgehead atoms. The lowest BCUT2D eigenvalue weighted by atomic mass is 10.2. The predicted octanol–water partition coefficient (Wildman–Crippen LogP) is 8.73. The van der Waals surface area contributed by atoms with Gasteiger partial charge in [-0.1, -0.05) is 135 Å². The average molecular weight is 321 g/mol. The van der Waals surface area contributed by atoms with Crippen molar-refractivity contribution in [3.05, 3.63) is 71.8 Å². The van der Waals surface area contributed by atoms with Gasteiger partial charge in [0.25, 0.3) is 0 Å². The highest BCUT2D eigenvalue weighted by Gasteiger charge is 1.72. The quantitative estimate of drug-likeness (QED) is 0.455. The summed E-state index contributed by atoms with van der Waals surface area (Å²) in [7, 11) is 0. The van der Waals surface area contributed by atoms with Gasteiger partial charge in [0.05, 0.1) is 0 Å². The molecule has 0 fully saturated rings. The molecule has 136 valence electrons. The van der Waals surface area contributed by atoms with E-state index in [1.165, 1.54) is 11.1 Å². The van der Waals surface area contributed by atoms with E-state index in [4.69, 9.17) is 0 Å². The maximum atomic E-state index is 2.08. The fourth-order valence-electron chi connectivity index (χ4n) is 1.07. The standard InChI is InChI=1S/2C7H8.4C2H6.CH4/c2*1-7-5-3-2-4-6-7;4*1-2;/h2*2-6H,1H3;4*1-2H3;1H4. The maximum absolute atomic E-state index is 2.08. The van der Waals surface area contributed by atoms with Crippen molar-refractivity contribution in [3.8, 4) is 0 Å². The van der Waals surface area contributed by atoms with E-state index in [0.717, 1.165) is 0 Å². The van der Waals surface area contributed by atoms with E-state index in [9.17, 15) is 0 Å². The topological polar surface area (TPSA) is 0 Å². The number of aryl methyl sites for hydroxylation is 2. The molecule has 0 heterocycles. The molecule has 0 aromatic heterocycles. The second kappa shape index (κ2) is 37.0. The molecule has 0 radical (unpaired) electrons. The van der Waals surface area contributed by atoms with Crippen molar-refractivity contribution in [2.24, 2.45) is 0 Å². The molecule has 0 atom stereocenters. The largest absolute Gasteiger partial charge is 0.0776 e. The van der Waals surface area contributed by atoms with Gasteiger partial charge in [0.2, 0.25) is 0 Å². The molecular weight excluding hydrogens is 276 g/mol. The molecule has 0 spiro atoms. The summed E-state index contributed by atoms with van der Waals surface area (Å²) in [6.45, 7) is 20.2. The molecule has 0 aliphatic carbocycles. The first-order chi connectivity index (χ1) is 10.8. The molecule has 0 unspecified atom stereocenters. The first kappa shape index (κ1) is 33.1. The number of hydrogen-bond acceptors (Lipinski definition) is 0. The van der Waals surface area contributed by atoms with Gasteiger partial charge in [-0.2, -0.15) is 0 Å². The monoisotopic (exact) mass is 320 g/mol. The Labute approximate surface area is 149 Å². The van der Waals surface area contributed by atoms with Gasteiger partial charge in [0.1, 0.15) is 0 Å². The summed E-state index contributed by atoms with van der Waals surface area (Å²) >= 11 is 0. The number of benzene rings is 2. The molecule has 2 aromatic rings. The average Bonchev–Trinajstić information content (AvgIpc) is 2.64. The van der Waals surface area contributed by atoms with E-state index in [1.807, 2.05) is 91.8 Å². The van der Waals surface area contributed by atoms with Crippen molar-refractivity contribution in [1.29, 1.82) is 0 Å². The Hall–Kier alpha value is -1.56. The van der Waals surface area contributed by atoms with Crippen LogP contribution in [0.1, 0.15) is 73.9 Å². The zero-order valence-electron chi connectivity index (χ0n) is 16.8. The molecule has 0 aliphatic rings. The second-order valence-electron chi connectivity index (χ2n) is 3.31. The SMILES string of the molecule is C.CC.CC.CC.CC.Cc1ccccc1.Cc1ccccc1. The first-order valence-corrected chi connectivity index (χ1v) is 8.82. The molecule has 23 heavy (non-hydrogen) atoms. The van der Waals surface area contributed by atoms with Crippen molar-refractivity contribution >= 4 is 0 Å². The van der Waals surface area contributed by atoms with Gasteiger partial charge in [-0.25, -0.2) is 0 Å². The smallest absolute Gasteiger partial charge is 0.0398 e. The van der Waals surface area contributed by atoms with Crippen LogP contribution in [0.2, 0.25) is 0 Å². The zero-order chi connectivity index (χ0) is 18.2. The van der Waals surface area contributed by atoms with Crippen LogP contribution in [0, 0.1) is 13.8 Å². The van der Waals surface area contributed by atoms with Crippen LogP contribution in [0.4, 0.5) is 0 Å². The van der Waals surface area contributed by atoms with E-state index in [1.54, 1.807) is 0 Å². The summed E-state index contributed by atoms with van der Waals surface area (Å²) < 4.78 is 0. The van der Waals surface area contributed by atoms with Gasteiger partial charge in [-0.3, -0.25) is 0 Å².